The number of imidazole rings is 1. The third-order valence-corrected chi connectivity index (χ3v) is 6.18. The molecule has 3 heterocycles. The van der Waals surface area contributed by atoms with Crippen molar-refractivity contribution in [2.24, 2.45) is 0 Å². The predicted octanol–water partition coefficient (Wildman–Crippen LogP) is 4.78. The summed E-state index contributed by atoms with van der Waals surface area (Å²) >= 11 is 0. The van der Waals surface area contributed by atoms with Crippen LogP contribution in [0, 0.1) is 6.92 Å². The molecule has 1 aliphatic rings. The highest BCUT2D eigenvalue weighted by molar-refractivity contribution is 5.69. The van der Waals surface area contributed by atoms with E-state index in [0.717, 1.165) is 34.3 Å². The lowest BCUT2D eigenvalue weighted by Crippen LogP contribution is -2.33. The molecular formula is C28H33N5O4. The third kappa shape index (κ3) is 5.68. The number of rotatable bonds is 9. The average Bonchev–Trinajstić information content (AvgIpc) is 3.42. The number of hydrogen-bond acceptors (Lipinski definition) is 7. The van der Waals surface area contributed by atoms with Gasteiger partial charge < -0.3 is 23.9 Å². The molecule has 1 N–H and O–H groups in total. The second-order valence-electron chi connectivity index (χ2n) is 9.74. The molecule has 0 aliphatic carbocycles. The molecule has 9 nitrogen and oxygen atoms in total. The molecule has 5 rings (SSSR count). The molecule has 0 spiro atoms. The summed E-state index contributed by atoms with van der Waals surface area (Å²) in [5.74, 6) is 2.05. The number of benzene rings is 2. The molecule has 0 saturated carbocycles. The van der Waals surface area contributed by atoms with Crippen molar-refractivity contribution in [3.63, 3.8) is 0 Å². The van der Waals surface area contributed by atoms with E-state index in [9.17, 15) is 5.11 Å². The summed E-state index contributed by atoms with van der Waals surface area (Å²) in [5.41, 5.74) is 2.72. The van der Waals surface area contributed by atoms with Crippen LogP contribution in [0.25, 0.3) is 22.9 Å². The number of hydrogen-bond donors (Lipinski definition) is 1. The lowest BCUT2D eigenvalue weighted by atomic mass is 10.1. The van der Waals surface area contributed by atoms with Crippen molar-refractivity contribution >= 4 is 0 Å². The molecule has 1 unspecified atom stereocenters. The fourth-order valence-corrected chi connectivity index (χ4v) is 4.33. The van der Waals surface area contributed by atoms with Crippen LogP contribution in [0.3, 0.4) is 0 Å². The second-order valence-corrected chi connectivity index (χ2v) is 9.74. The minimum absolute atomic E-state index is 0.171. The van der Waals surface area contributed by atoms with E-state index in [1.54, 1.807) is 13.0 Å². The Labute approximate surface area is 216 Å². The molecule has 0 saturated heterocycles. The van der Waals surface area contributed by atoms with Crippen molar-refractivity contribution in [3.8, 4) is 34.4 Å². The Hall–Kier alpha value is -3.69. The van der Waals surface area contributed by atoms with E-state index < -0.39 is 5.79 Å². The fourth-order valence-electron chi connectivity index (χ4n) is 4.33. The number of aliphatic hydroxyl groups is 1. The van der Waals surface area contributed by atoms with E-state index in [0.29, 0.717) is 44.3 Å². The molecule has 0 amide bonds. The Morgan fingerprint density at radius 1 is 1.11 bits per heavy atom. The first-order valence-electron chi connectivity index (χ1n) is 12.6. The standard InChI is InChI=1S/C28H33N5O4/c1-19(2)33-27(29-20(3)31-33)24-17-32-13-15-36-25-16-22(10-11-23(25)26(32)30-24)37-28(4,34)12-14-35-18-21-8-6-5-7-9-21/h5-11,16-17,19,34H,12-15,18H2,1-4H3. The largest absolute Gasteiger partial charge is 0.491 e. The van der Waals surface area contributed by atoms with Crippen LogP contribution in [0.15, 0.2) is 54.7 Å². The number of aromatic nitrogens is 5. The first kappa shape index (κ1) is 25.0. The second kappa shape index (κ2) is 10.4. The van der Waals surface area contributed by atoms with Crippen LogP contribution in [0.2, 0.25) is 0 Å². The maximum absolute atomic E-state index is 10.8. The van der Waals surface area contributed by atoms with Crippen LogP contribution < -0.4 is 9.47 Å². The number of ether oxygens (including phenoxy) is 3. The number of fused-ring (bicyclic) bond motifs is 3. The van der Waals surface area contributed by atoms with Gasteiger partial charge in [0, 0.05) is 31.6 Å². The quantitative estimate of drug-likeness (QED) is 0.259. The van der Waals surface area contributed by atoms with Gasteiger partial charge in [-0.3, -0.25) is 0 Å². The molecular weight excluding hydrogens is 470 g/mol. The van der Waals surface area contributed by atoms with E-state index in [1.165, 1.54) is 0 Å². The lowest BCUT2D eigenvalue weighted by molar-refractivity contribution is -0.137. The zero-order chi connectivity index (χ0) is 26.0. The van der Waals surface area contributed by atoms with Gasteiger partial charge in [0.2, 0.25) is 5.79 Å². The van der Waals surface area contributed by atoms with Crippen molar-refractivity contribution in [3.05, 3.63) is 66.1 Å². The maximum atomic E-state index is 10.8. The van der Waals surface area contributed by atoms with E-state index in [2.05, 4.69) is 28.5 Å². The van der Waals surface area contributed by atoms with Gasteiger partial charge in [-0.2, -0.15) is 5.10 Å². The highest BCUT2D eigenvalue weighted by atomic mass is 16.6. The normalized spacial score (nSPS) is 14.4. The summed E-state index contributed by atoms with van der Waals surface area (Å²) < 4.78 is 21.6. The van der Waals surface area contributed by atoms with Crippen molar-refractivity contribution in [2.45, 2.75) is 59.1 Å². The summed E-state index contributed by atoms with van der Waals surface area (Å²) in [6.07, 6.45) is 2.32. The van der Waals surface area contributed by atoms with Gasteiger partial charge in [0.1, 0.15) is 35.4 Å². The molecule has 1 atom stereocenters. The first-order chi connectivity index (χ1) is 17.8. The molecule has 0 bridgehead atoms. The Bertz CT molecular complexity index is 1360. The molecule has 0 fully saturated rings. The predicted molar refractivity (Wildman–Crippen MR) is 139 cm³/mol. The molecule has 194 valence electrons. The van der Waals surface area contributed by atoms with E-state index >= 15 is 0 Å². The molecule has 9 heteroatoms. The first-order valence-corrected chi connectivity index (χ1v) is 12.6. The van der Waals surface area contributed by atoms with Gasteiger partial charge in [-0.25, -0.2) is 14.6 Å². The van der Waals surface area contributed by atoms with E-state index in [4.69, 9.17) is 19.2 Å². The Morgan fingerprint density at radius 2 is 1.92 bits per heavy atom. The van der Waals surface area contributed by atoms with Gasteiger partial charge in [0.05, 0.1) is 25.3 Å². The van der Waals surface area contributed by atoms with Gasteiger partial charge >= 0.3 is 0 Å². The minimum atomic E-state index is -1.39. The Kier molecular flexibility index (Phi) is 6.99. The summed E-state index contributed by atoms with van der Waals surface area (Å²) in [6.45, 7) is 9.67. The third-order valence-electron chi connectivity index (χ3n) is 6.18. The van der Waals surface area contributed by atoms with Crippen LogP contribution in [0.5, 0.6) is 11.5 Å². The SMILES string of the molecule is Cc1nc(-c2cn3c(n2)-c2ccc(OC(C)(O)CCOCc4ccccc4)cc2OCC3)n(C(C)C)n1. The minimum Gasteiger partial charge on any atom is -0.491 e. The van der Waals surface area contributed by atoms with Crippen molar-refractivity contribution in [1.82, 2.24) is 24.3 Å². The van der Waals surface area contributed by atoms with E-state index in [-0.39, 0.29) is 6.04 Å². The van der Waals surface area contributed by atoms with Gasteiger partial charge in [0.25, 0.3) is 0 Å². The lowest BCUT2D eigenvalue weighted by Gasteiger charge is -2.25. The summed E-state index contributed by atoms with van der Waals surface area (Å²) in [7, 11) is 0. The van der Waals surface area contributed by atoms with Crippen LogP contribution in [0.1, 0.15) is 44.6 Å². The zero-order valence-electron chi connectivity index (χ0n) is 21.7. The molecule has 2 aromatic heterocycles. The van der Waals surface area contributed by atoms with Crippen LogP contribution in [0.4, 0.5) is 0 Å². The molecule has 37 heavy (non-hydrogen) atoms. The van der Waals surface area contributed by atoms with Crippen molar-refractivity contribution < 1.29 is 19.3 Å². The van der Waals surface area contributed by atoms with Gasteiger partial charge in [-0.15, -0.1) is 0 Å². The Morgan fingerprint density at radius 3 is 2.70 bits per heavy atom. The van der Waals surface area contributed by atoms with Crippen LogP contribution in [-0.2, 0) is 17.9 Å². The van der Waals surface area contributed by atoms with Crippen molar-refractivity contribution in [2.75, 3.05) is 13.2 Å². The monoisotopic (exact) mass is 503 g/mol. The number of aryl methyl sites for hydroxylation is 1. The smallest absolute Gasteiger partial charge is 0.207 e. The average molecular weight is 504 g/mol. The van der Waals surface area contributed by atoms with Crippen molar-refractivity contribution in [1.29, 1.82) is 0 Å². The topological polar surface area (TPSA) is 96.5 Å². The Balaban J connectivity index is 1.30. The van der Waals surface area contributed by atoms with Gasteiger partial charge in [-0.05, 0) is 38.5 Å². The van der Waals surface area contributed by atoms with Crippen LogP contribution in [-0.4, -0.2) is 48.4 Å². The zero-order valence-corrected chi connectivity index (χ0v) is 21.7. The summed E-state index contributed by atoms with van der Waals surface area (Å²) in [6, 6.07) is 15.7. The highest BCUT2D eigenvalue weighted by Gasteiger charge is 2.26. The fraction of sp³-hybridized carbons (Fsp3) is 0.393. The summed E-state index contributed by atoms with van der Waals surface area (Å²) in [5, 5.41) is 15.3. The van der Waals surface area contributed by atoms with Gasteiger partial charge in [0.15, 0.2) is 5.82 Å². The molecule has 2 aromatic carbocycles. The van der Waals surface area contributed by atoms with Crippen LogP contribution >= 0.6 is 0 Å². The van der Waals surface area contributed by atoms with E-state index in [1.807, 2.05) is 60.3 Å². The highest BCUT2D eigenvalue weighted by Crippen LogP contribution is 2.37. The number of nitrogens with zero attached hydrogens (tertiary/aromatic N) is 5. The molecule has 0 radical (unpaired) electrons. The molecule has 4 aromatic rings. The van der Waals surface area contributed by atoms with Gasteiger partial charge in [-0.1, -0.05) is 30.3 Å². The maximum Gasteiger partial charge on any atom is 0.207 e. The molecule has 1 aliphatic heterocycles. The summed E-state index contributed by atoms with van der Waals surface area (Å²) in [4.78, 5) is 9.52.